The van der Waals surface area contributed by atoms with Crippen LogP contribution in [0.1, 0.15) is 20.3 Å². The molecule has 1 aromatic rings. The van der Waals surface area contributed by atoms with Gasteiger partial charge in [0.05, 0.1) is 12.5 Å². The molecular formula is C14H19N3O. The minimum Gasteiger partial charge on any atom is -0.369 e. The van der Waals surface area contributed by atoms with Crippen LogP contribution >= 0.6 is 0 Å². The van der Waals surface area contributed by atoms with Gasteiger partial charge in [0, 0.05) is 18.8 Å². The second-order valence-corrected chi connectivity index (χ2v) is 3.96. The van der Waals surface area contributed by atoms with Crippen LogP contribution in [0.4, 0.5) is 5.69 Å². The number of carbonyl (C=O) groups is 1. The summed E-state index contributed by atoms with van der Waals surface area (Å²) in [5.41, 5.74) is 0.858. The number of carbonyl (C=O) groups excluding carboxylic acids is 1. The Balaban J connectivity index is 2.58. The van der Waals surface area contributed by atoms with E-state index in [4.69, 9.17) is 5.26 Å². The van der Waals surface area contributed by atoms with Gasteiger partial charge in [-0.1, -0.05) is 18.2 Å². The molecule has 1 unspecified atom stereocenters. The fraction of sp³-hybridized carbons (Fsp3) is 0.429. The van der Waals surface area contributed by atoms with Crippen LogP contribution in [-0.4, -0.2) is 29.9 Å². The average molecular weight is 245 g/mol. The van der Waals surface area contributed by atoms with Gasteiger partial charge in [0.1, 0.15) is 6.04 Å². The van der Waals surface area contributed by atoms with E-state index in [9.17, 15) is 4.79 Å². The van der Waals surface area contributed by atoms with Crippen molar-refractivity contribution in [1.82, 2.24) is 4.90 Å². The zero-order valence-corrected chi connectivity index (χ0v) is 10.9. The molecule has 1 rings (SSSR count). The minimum atomic E-state index is -0.486. The van der Waals surface area contributed by atoms with Crippen molar-refractivity contribution in [1.29, 1.82) is 5.26 Å². The summed E-state index contributed by atoms with van der Waals surface area (Å²) in [6, 6.07) is 11.1. The van der Waals surface area contributed by atoms with E-state index in [1.807, 2.05) is 44.2 Å². The van der Waals surface area contributed by atoms with E-state index in [-0.39, 0.29) is 12.3 Å². The molecule has 0 spiro atoms. The van der Waals surface area contributed by atoms with Gasteiger partial charge in [-0.3, -0.25) is 4.79 Å². The number of anilines is 1. The highest BCUT2D eigenvalue weighted by Crippen LogP contribution is 2.09. The zero-order valence-electron chi connectivity index (χ0n) is 10.9. The van der Waals surface area contributed by atoms with Crippen LogP contribution in [0.15, 0.2) is 30.3 Å². The third-order valence-corrected chi connectivity index (χ3v) is 2.77. The summed E-state index contributed by atoms with van der Waals surface area (Å²) in [5, 5.41) is 12.1. The number of amides is 1. The third kappa shape index (κ3) is 4.10. The monoisotopic (exact) mass is 245 g/mol. The molecule has 1 aromatic carbocycles. The Morgan fingerprint density at radius 2 is 1.94 bits per heavy atom. The number of nitrogens with one attached hydrogen (secondary N) is 1. The van der Waals surface area contributed by atoms with Crippen LogP contribution in [0.5, 0.6) is 0 Å². The second-order valence-electron chi connectivity index (χ2n) is 3.96. The topological polar surface area (TPSA) is 56.1 Å². The Morgan fingerprint density at radius 1 is 1.33 bits per heavy atom. The molecule has 0 aromatic heterocycles. The molecule has 0 radical (unpaired) electrons. The van der Waals surface area contributed by atoms with E-state index in [1.54, 1.807) is 4.90 Å². The molecule has 0 fully saturated rings. The summed E-state index contributed by atoms with van der Waals surface area (Å²) in [5.74, 6) is 0.00924. The van der Waals surface area contributed by atoms with Gasteiger partial charge >= 0.3 is 0 Å². The van der Waals surface area contributed by atoms with Gasteiger partial charge in [-0.05, 0) is 26.0 Å². The highest BCUT2D eigenvalue weighted by molar-refractivity contribution is 5.77. The summed E-state index contributed by atoms with van der Waals surface area (Å²) in [4.78, 5) is 13.6. The molecule has 96 valence electrons. The van der Waals surface area contributed by atoms with Crippen LogP contribution in [0, 0.1) is 11.3 Å². The van der Waals surface area contributed by atoms with E-state index in [1.165, 1.54) is 0 Å². The predicted molar refractivity (Wildman–Crippen MR) is 72.0 cm³/mol. The molecule has 0 aliphatic heterocycles. The molecule has 0 saturated carbocycles. The molecule has 1 amide bonds. The molecule has 4 heteroatoms. The van der Waals surface area contributed by atoms with Crippen molar-refractivity contribution in [2.24, 2.45) is 0 Å². The molecule has 0 aliphatic rings. The summed E-state index contributed by atoms with van der Waals surface area (Å²) in [6.07, 6.45) is 0.201. The van der Waals surface area contributed by atoms with Crippen molar-refractivity contribution < 1.29 is 4.79 Å². The summed E-state index contributed by atoms with van der Waals surface area (Å²) in [7, 11) is 0. The van der Waals surface area contributed by atoms with Crippen LogP contribution in [0.2, 0.25) is 0 Å². The van der Waals surface area contributed by atoms with Crippen LogP contribution in [-0.2, 0) is 4.79 Å². The number of hydrogen-bond donors (Lipinski definition) is 1. The van der Waals surface area contributed by atoms with E-state index in [0.29, 0.717) is 13.1 Å². The van der Waals surface area contributed by atoms with Crippen LogP contribution in [0.3, 0.4) is 0 Å². The highest BCUT2D eigenvalue weighted by atomic mass is 16.2. The van der Waals surface area contributed by atoms with E-state index < -0.39 is 6.04 Å². The number of rotatable bonds is 6. The molecule has 0 bridgehead atoms. The summed E-state index contributed by atoms with van der Waals surface area (Å²) >= 11 is 0. The summed E-state index contributed by atoms with van der Waals surface area (Å²) in [6.45, 7) is 5.23. The third-order valence-electron chi connectivity index (χ3n) is 2.77. The number of hydrogen-bond acceptors (Lipinski definition) is 3. The Hall–Kier alpha value is -2.02. The zero-order chi connectivity index (χ0) is 13.4. The van der Waals surface area contributed by atoms with Gasteiger partial charge in [-0.15, -0.1) is 0 Å². The Morgan fingerprint density at radius 3 is 2.44 bits per heavy atom. The molecule has 1 N–H and O–H groups in total. The lowest BCUT2D eigenvalue weighted by Gasteiger charge is -2.20. The van der Waals surface area contributed by atoms with Gasteiger partial charge in [-0.25, -0.2) is 0 Å². The standard InChI is InChI=1S/C14H19N3O/c1-3-17(4-2)14(18)10-13(11-15)16-12-8-6-5-7-9-12/h5-9,13,16H,3-4,10H2,1-2H3. The van der Waals surface area contributed by atoms with Gasteiger partial charge in [0.15, 0.2) is 0 Å². The summed E-state index contributed by atoms with van der Waals surface area (Å²) < 4.78 is 0. The average Bonchev–Trinajstić information content (AvgIpc) is 2.40. The van der Waals surface area contributed by atoms with Crippen molar-refractivity contribution in [2.75, 3.05) is 18.4 Å². The first-order valence-electron chi connectivity index (χ1n) is 6.20. The van der Waals surface area contributed by atoms with Crippen LogP contribution in [0.25, 0.3) is 0 Å². The number of benzene rings is 1. The van der Waals surface area contributed by atoms with Gasteiger partial charge < -0.3 is 10.2 Å². The van der Waals surface area contributed by atoms with Crippen LogP contribution < -0.4 is 5.32 Å². The molecule has 0 saturated heterocycles. The maximum absolute atomic E-state index is 11.9. The lowest BCUT2D eigenvalue weighted by molar-refractivity contribution is -0.130. The Kier molecular flexibility index (Phi) is 5.72. The van der Waals surface area contributed by atoms with Crippen molar-refractivity contribution in [3.63, 3.8) is 0 Å². The largest absolute Gasteiger partial charge is 0.369 e. The van der Waals surface area contributed by atoms with E-state index in [2.05, 4.69) is 11.4 Å². The molecule has 0 aliphatic carbocycles. The first-order valence-corrected chi connectivity index (χ1v) is 6.20. The lowest BCUT2D eigenvalue weighted by atomic mass is 10.2. The number of nitriles is 1. The smallest absolute Gasteiger partial charge is 0.225 e. The number of para-hydroxylation sites is 1. The maximum atomic E-state index is 11.9. The molecule has 4 nitrogen and oxygen atoms in total. The van der Waals surface area contributed by atoms with E-state index in [0.717, 1.165) is 5.69 Å². The first-order chi connectivity index (χ1) is 8.71. The molecule has 18 heavy (non-hydrogen) atoms. The van der Waals surface area contributed by atoms with Gasteiger partial charge in [-0.2, -0.15) is 5.26 Å². The highest BCUT2D eigenvalue weighted by Gasteiger charge is 2.16. The maximum Gasteiger partial charge on any atom is 0.225 e. The predicted octanol–water partition coefficient (Wildman–Crippen LogP) is 2.25. The van der Waals surface area contributed by atoms with E-state index >= 15 is 0 Å². The quantitative estimate of drug-likeness (QED) is 0.836. The second kappa shape index (κ2) is 7.33. The molecule has 0 heterocycles. The molecular weight excluding hydrogens is 226 g/mol. The number of nitrogens with zero attached hydrogens (tertiary/aromatic N) is 2. The fourth-order valence-electron chi connectivity index (χ4n) is 1.74. The van der Waals surface area contributed by atoms with Crippen molar-refractivity contribution in [2.45, 2.75) is 26.3 Å². The lowest BCUT2D eigenvalue weighted by Crippen LogP contribution is -2.34. The molecule has 1 atom stereocenters. The van der Waals surface area contributed by atoms with Gasteiger partial charge in [0.2, 0.25) is 5.91 Å². The minimum absolute atomic E-state index is 0.00924. The van der Waals surface area contributed by atoms with Crippen molar-refractivity contribution >= 4 is 11.6 Å². The van der Waals surface area contributed by atoms with Crippen molar-refractivity contribution in [3.05, 3.63) is 30.3 Å². The SMILES string of the molecule is CCN(CC)C(=O)CC(C#N)Nc1ccccc1. The Labute approximate surface area is 108 Å². The first kappa shape index (κ1) is 14.0. The Bertz CT molecular complexity index is 407. The van der Waals surface area contributed by atoms with Gasteiger partial charge in [0.25, 0.3) is 0 Å². The normalized spacial score (nSPS) is 11.4. The van der Waals surface area contributed by atoms with Crippen molar-refractivity contribution in [3.8, 4) is 6.07 Å². The fourth-order valence-corrected chi connectivity index (χ4v) is 1.74.